The molecule has 3 aromatic carbocycles. The number of rotatable bonds is 4. The molecule has 0 aromatic heterocycles. The minimum Gasteiger partial charge on any atom is -0.502 e. The lowest BCUT2D eigenvalue weighted by Gasteiger charge is -2.12. The van der Waals surface area contributed by atoms with E-state index in [1.165, 1.54) is 14.2 Å². The summed E-state index contributed by atoms with van der Waals surface area (Å²) in [5, 5.41) is 13.1. The van der Waals surface area contributed by atoms with Gasteiger partial charge >= 0.3 is 0 Å². The molecule has 0 spiro atoms. The van der Waals surface area contributed by atoms with Crippen LogP contribution in [0.25, 0.3) is 6.08 Å². The van der Waals surface area contributed by atoms with Crippen molar-refractivity contribution in [3.05, 3.63) is 83.4 Å². The maximum Gasteiger partial charge on any atom is 0.257 e. The number of hydrogen-bond acceptors (Lipinski definition) is 5. The third-order valence-corrected chi connectivity index (χ3v) is 4.74. The van der Waals surface area contributed by atoms with Gasteiger partial charge in [-0.2, -0.15) is 0 Å². The number of carbonyl (C=O) groups is 1. The lowest BCUT2D eigenvalue weighted by molar-refractivity contribution is -0.112. The molecule has 0 saturated heterocycles. The number of hydrogen-bond donors (Lipinski definition) is 2. The zero-order valence-corrected chi connectivity index (χ0v) is 16.5. The van der Waals surface area contributed by atoms with Gasteiger partial charge in [0.05, 0.1) is 36.9 Å². The van der Waals surface area contributed by atoms with E-state index < -0.39 is 0 Å². The number of phenols is 1. The average molecular weight is 400 g/mol. The van der Waals surface area contributed by atoms with E-state index in [0.29, 0.717) is 28.2 Å². The Kier molecular flexibility index (Phi) is 5.22. The number of nitrogens with one attached hydrogen (secondary N) is 1. The summed E-state index contributed by atoms with van der Waals surface area (Å²) in [7, 11) is 2.91. The highest BCUT2D eigenvalue weighted by molar-refractivity contribution is 6.35. The van der Waals surface area contributed by atoms with Gasteiger partial charge in [-0.15, -0.1) is 0 Å². The minimum atomic E-state index is -0.284. The molecule has 30 heavy (non-hydrogen) atoms. The summed E-state index contributed by atoms with van der Waals surface area (Å²) in [5.74, 6) is 0.110. The van der Waals surface area contributed by atoms with Crippen LogP contribution in [-0.4, -0.2) is 30.9 Å². The Hall–Kier alpha value is -4.06. The zero-order valence-electron chi connectivity index (χ0n) is 16.5. The van der Waals surface area contributed by atoms with E-state index in [4.69, 9.17) is 14.5 Å². The van der Waals surface area contributed by atoms with Gasteiger partial charge in [-0.25, -0.2) is 4.99 Å². The van der Waals surface area contributed by atoms with Crippen molar-refractivity contribution in [1.29, 1.82) is 0 Å². The number of aliphatic imine (C=N–C) groups is 1. The number of anilines is 1. The van der Waals surface area contributed by atoms with Gasteiger partial charge in [0.25, 0.3) is 5.91 Å². The van der Waals surface area contributed by atoms with E-state index >= 15 is 0 Å². The summed E-state index contributed by atoms with van der Waals surface area (Å²) in [4.78, 5) is 18.0. The van der Waals surface area contributed by atoms with Gasteiger partial charge in [-0.3, -0.25) is 4.79 Å². The van der Waals surface area contributed by atoms with Crippen LogP contribution in [-0.2, 0) is 4.79 Å². The first-order valence-electron chi connectivity index (χ1n) is 9.32. The first-order valence-corrected chi connectivity index (χ1v) is 9.32. The van der Waals surface area contributed by atoms with Crippen molar-refractivity contribution >= 4 is 29.1 Å². The Bertz CT molecular complexity index is 1140. The Morgan fingerprint density at radius 2 is 1.57 bits per heavy atom. The van der Waals surface area contributed by atoms with Crippen LogP contribution in [0.15, 0.2) is 77.3 Å². The predicted octanol–water partition coefficient (Wildman–Crippen LogP) is 4.57. The molecule has 1 aliphatic rings. The molecular formula is C24H20N2O4. The zero-order chi connectivity index (χ0) is 21.1. The highest BCUT2D eigenvalue weighted by atomic mass is 16.5. The van der Waals surface area contributed by atoms with Gasteiger partial charge in [0, 0.05) is 5.56 Å². The molecule has 150 valence electrons. The number of methoxy groups -OCH3 is 2. The number of phenolic OH excluding ortho intramolecular Hbond substituents is 1. The van der Waals surface area contributed by atoms with E-state index in [2.05, 4.69) is 5.32 Å². The number of ether oxygens (including phenoxy) is 2. The van der Waals surface area contributed by atoms with E-state index in [-0.39, 0.29) is 23.2 Å². The van der Waals surface area contributed by atoms with Gasteiger partial charge in [-0.1, -0.05) is 42.5 Å². The first-order chi connectivity index (χ1) is 14.6. The molecule has 1 heterocycles. The number of aromatic hydroxyl groups is 1. The third-order valence-electron chi connectivity index (χ3n) is 4.74. The second-order valence-electron chi connectivity index (χ2n) is 6.63. The molecule has 0 saturated carbocycles. The van der Waals surface area contributed by atoms with Crippen LogP contribution in [0.4, 0.5) is 11.4 Å². The summed E-state index contributed by atoms with van der Waals surface area (Å²) in [6.07, 6.45) is 1.71. The smallest absolute Gasteiger partial charge is 0.257 e. The number of para-hydroxylation sites is 2. The summed E-state index contributed by atoms with van der Waals surface area (Å²) >= 11 is 0. The fourth-order valence-corrected chi connectivity index (χ4v) is 3.27. The van der Waals surface area contributed by atoms with Crippen molar-refractivity contribution in [3.8, 4) is 17.2 Å². The lowest BCUT2D eigenvalue weighted by atomic mass is 9.99. The molecular weight excluding hydrogens is 380 g/mol. The molecule has 1 aliphatic heterocycles. The molecule has 0 radical (unpaired) electrons. The second-order valence-corrected chi connectivity index (χ2v) is 6.63. The molecule has 6 heteroatoms. The molecule has 0 aliphatic carbocycles. The Balaban J connectivity index is 1.92. The van der Waals surface area contributed by atoms with Crippen molar-refractivity contribution < 1.29 is 19.4 Å². The molecule has 3 aromatic rings. The van der Waals surface area contributed by atoms with Crippen LogP contribution < -0.4 is 14.8 Å². The SMILES string of the molecule is COc1cc(C=C2C(=O)Nc3ccccc3N=C2c2ccccc2)cc(OC)c1O. The van der Waals surface area contributed by atoms with Crippen LogP contribution in [0.5, 0.6) is 17.2 Å². The monoisotopic (exact) mass is 400 g/mol. The molecule has 6 nitrogen and oxygen atoms in total. The molecule has 0 fully saturated rings. The molecule has 1 amide bonds. The number of nitrogens with zero attached hydrogens (tertiary/aromatic N) is 1. The molecule has 4 rings (SSSR count). The second kappa shape index (κ2) is 8.13. The number of carbonyl (C=O) groups excluding carboxylic acids is 1. The fraction of sp³-hybridized carbons (Fsp3) is 0.0833. The largest absolute Gasteiger partial charge is 0.502 e. The van der Waals surface area contributed by atoms with E-state index in [1.54, 1.807) is 18.2 Å². The average Bonchev–Trinajstić information content (AvgIpc) is 2.91. The van der Waals surface area contributed by atoms with Crippen molar-refractivity contribution in [1.82, 2.24) is 0 Å². The van der Waals surface area contributed by atoms with Crippen molar-refractivity contribution in [2.24, 2.45) is 4.99 Å². The van der Waals surface area contributed by atoms with Crippen LogP contribution in [0.1, 0.15) is 11.1 Å². The van der Waals surface area contributed by atoms with Gasteiger partial charge in [0.15, 0.2) is 11.5 Å². The van der Waals surface area contributed by atoms with E-state index in [9.17, 15) is 9.90 Å². The number of amides is 1. The van der Waals surface area contributed by atoms with Crippen LogP contribution in [0.3, 0.4) is 0 Å². The highest BCUT2D eigenvalue weighted by Crippen LogP contribution is 2.38. The summed E-state index contributed by atoms with van der Waals surface area (Å²) in [5.41, 5.74) is 3.68. The molecule has 0 atom stereocenters. The Labute approximate surface area is 174 Å². The van der Waals surface area contributed by atoms with Gasteiger partial charge in [0.1, 0.15) is 0 Å². The van der Waals surface area contributed by atoms with Crippen molar-refractivity contribution in [3.63, 3.8) is 0 Å². The normalized spacial score (nSPS) is 14.4. The van der Waals surface area contributed by atoms with Crippen LogP contribution in [0.2, 0.25) is 0 Å². The van der Waals surface area contributed by atoms with E-state index in [1.807, 2.05) is 54.6 Å². The standard InChI is InChI=1S/C24H20N2O4/c1-29-20-13-15(14-21(30-2)23(20)27)12-17-22(16-8-4-3-5-9-16)25-18-10-6-7-11-19(18)26-24(17)28/h3-14,27H,1-2H3,(H,26,28). The maximum absolute atomic E-state index is 13.2. The minimum absolute atomic E-state index is 0.100. The van der Waals surface area contributed by atoms with Crippen molar-refractivity contribution in [2.75, 3.05) is 19.5 Å². The fourth-order valence-electron chi connectivity index (χ4n) is 3.27. The number of benzene rings is 3. The quantitative estimate of drug-likeness (QED) is 0.629. The topological polar surface area (TPSA) is 80.2 Å². The van der Waals surface area contributed by atoms with Crippen LogP contribution >= 0.6 is 0 Å². The summed E-state index contributed by atoms with van der Waals surface area (Å²) < 4.78 is 10.5. The number of fused-ring (bicyclic) bond motifs is 1. The van der Waals surface area contributed by atoms with Gasteiger partial charge in [0.2, 0.25) is 5.75 Å². The summed E-state index contributed by atoms with van der Waals surface area (Å²) in [6, 6.07) is 20.2. The molecule has 0 unspecified atom stereocenters. The highest BCUT2D eigenvalue weighted by Gasteiger charge is 2.23. The first kappa shape index (κ1) is 19.3. The van der Waals surface area contributed by atoms with E-state index in [0.717, 1.165) is 5.56 Å². The van der Waals surface area contributed by atoms with Crippen LogP contribution in [0, 0.1) is 0 Å². The maximum atomic E-state index is 13.2. The third kappa shape index (κ3) is 3.63. The van der Waals surface area contributed by atoms with Gasteiger partial charge in [-0.05, 0) is 35.9 Å². The molecule has 0 bridgehead atoms. The predicted molar refractivity (Wildman–Crippen MR) is 117 cm³/mol. The Morgan fingerprint density at radius 1 is 0.933 bits per heavy atom. The lowest BCUT2D eigenvalue weighted by Crippen LogP contribution is -2.19. The van der Waals surface area contributed by atoms with Gasteiger partial charge < -0.3 is 19.9 Å². The molecule has 2 N–H and O–H groups in total. The Morgan fingerprint density at radius 3 is 2.23 bits per heavy atom. The van der Waals surface area contributed by atoms with Crippen molar-refractivity contribution in [2.45, 2.75) is 0 Å². The summed E-state index contributed by atoms with van der Waals surface area (Å²) in [6.45, 7) is 0.